The molecule has 33 heavy (non-hydrogen) atoms. The molecule has 0 spiro atoms. The van der Waals surface area contributed by atoms with Crippen LogP contribution in [0.1, 0.15) is 45.8 Å². The summed E-state index contributed by atoms with van der Waals surface area (Å²) in [4.78, 5) is 31.0. The molecule has 0 saturated heterocycles. The molecule has 0 fully saturated rings. The van der Waals surface area contributed by atoms with Gasteiger partial charge in [-0.1, -0.05) is 43.7 Å². The van der Waals surface area contributed by atoms with Gasteiger partial charge in [-0.05, 0) is 37.6 Å². The number of aromatic nitrogens is 2. The maximum atomic E-state index is 12.7. The van der Waals surface area contributed by atoms with E-state index in [-0.39, 0.29) is 30.0 Å². The first-order chi connectivity index (χ1) is 15.9. The van der Waals surface area contributed by atoms with Gasteiger partial charge < -0.3 is 4.74 Å². The highest BCUT2D eigenvalue weighted by atomic mass is 16.5. The van der Waals surface area contributed by atoms with Crippen LogP contribution in [0, 0.1) is 12.8 Å². The van der Waals surface area contributed by atoms with Crippen LogP contribution in [0.2, 0.25) is 0 Å². The molecular formula is C24H25N5O4. The van der Waals surface area contributed by atoms with Crippen molar-refractivity contribution in [2.45, 2.75) is 27.2 Å². The fourth-order valence-electron chi connectivity index (χ4n) is 3.63. The number of amides is 2. The lowest BCUT2D eigenvalue weighted by Gasteiger charge is -2.20. The molecule has 1 atom stereocenters. The lowest BCUT2D eigenvalue weighted by Crippen LogP contribution is -2.39. The number of benzene rings is 2. The third-order valence-corrected chi connectivity index (χ3v) is 5.51. The van der Waals surface area contributed by atoms with Crippen molar-refractivity contribution < 1.29 is 19.5 Å². The van der Waals surface area contributed by atoms with Crippen LogP contribution in [0.15, 0.2) is 53.5 Å². The summed E-state index contributed by atoms with van der Waals surface area (Å²) in [5, 5.41) is 16.9. The standard InChI is InChI=1S/C24H25N5O4/c1-4-19-20(33-16-11-9-14(2)10-12-16)22(27-26-19)25-21(28-32)15(3)13-29-23(30)17-7-5-6-8-18(17)24(29)31/h5-12,15,32H,4,13H2,1-3H3,(H2,25,26,27,28). The lowest BCUT2D eigenvalue weighted by atomic mass is 10.1. The molecule has 9 heteroatoms. The molecular weight excluding hydrogens is 422 g/mol. The predicted octanol–water partition coefficient (Wildman–Crippen LogP) is 4.01. The number of amidine groups is 1. The van der Waals surface area contributed by atoms with Crippen LogP contribution in [-0.2, 0) is 6.42 Å². The van der Waals surface area contributed by atoms with Crippen molar-refractivity contribution in [3.63, 3.8) is 0 Å². The van der Waals surface area contributed by atoms with E-state index in [2.05, 4.69) is 20.7 Å². The van der Waals surface area contributed by atoms with Crippen molar-refractivity contribution >= 4 is 23.5 Å². The zero-order chi connectivity index (χ0) is 23.5. The number of H-pyrrole nitrogens is 1. The third kappa shape index (κ3) is 4.35. The number of ether oxygens (including phenoxy) is 1. The number of carbonyl (C=O) groups excluding carboxylic acids is 2. The van der Waals surface area contributed by atoms with E-state index in [9.17, 15) is 14.8 Å². The fourth-order valence-corrected chi connectivity index (χ4v) is 3.63. The number of hydrogen-bond donors (Lipinski definition) is 3. The molecule has 0 aliphatic carbocycles. The molecule has 9 nitrogen and oxygen atoms in total. The van der Waals surface area contributed by atoms with Crippen LogP contribution in [0.3, 0.4) is 0 Å². The smallest absolute Gasteiger partial charge is 0.261 e. The lowest BCUT2D eigenvalue weighted by molar-refractivity contribution is 0.0642. The number of aryl methyl sites for hydroxylation is 2. The summed E-state index contributed by atoms with van der Waals surface area (Å²) in [6.07, 6.45) is 0.635. The Bertz CT molecular complexity index is 1180. The summed E-state index contributed by atoms with van der Waals surface area (Å²) in [5.74, 6) is 0.249. The number of aromatic amines is 1. The largest absolute Gasteiger partial charge is 0.451 e. The SMILES string of the molecule is CCc1[nH]nc(N=C(NO)C(C)CN2C(=O)c3ccccc3C2=O)c1Oc1ccc(C)cc1. The summed E-state index contributed by atoms with van der Waals surface area (Å²) < 4.78 is 6.03. The average molecular weight is 447 g/mol. The monoisotopic (exact) mass is 447 g/mol. The van der Waals surface area contributed by atoms with Crippen LogP contribution in [0.4, 0.5) is 5.82 Å². The first-order valence-electron chi connectivity index (χ1n) is 10.7. The van der Waals surface area contributed by atoms with Gasteiger partial charge in [0.25, 0.3) is 11.8 Å². The highest BCUT2D eigenvalue weighted by molar-refractivity contribution is 6.21. The first-order valence-corrected chi connectivity index (χ1v) is 10.7. The topological polar surface area (TPSA) is 120 Å². The molecule has 1 aliphatic rings. The Morgan fingerprint density at radius 2 is 1.79 bits per heavy atom. The maximum Gasteiger partial charge on any atom is 0.261 e. The minimum atomic E-state index is -0.494. The van der Waals surface area contributed by atoms with E-state index < -0.39 is 5.92 Å². The summed E-state index contributed by atoms with van der Waals surface area (Å²) in [7, 11) is 0. The van der Waals surface area contributed by atoms with Crippen LogP contribution >= 0.6 is 0 Å². The highest BCUT2D eigenvalue weighted by Crippen LogP contribution is 2.34. The number of hydrogen-bond acceptors (Lipinski definition) is 6. The molecule has 0 radical (unpaired) electrons. The van der Waals surface area contributed by atoms with E-state index in [1.54, 1.807) is 31.2 Å². The third-order valence-electron chi connectivity index (χ3n) is 5.51. The summed E-state index contributed by atoms with van der Waals surface area (Å²) >= 11 is 0. The highest BCUT2D eigenvalue weighted by Gasteiger charge is 2.36. The van der Waals surface area contributed by atoms with Gasteiger partial charge in [-0.3, -0.25) is 30.3 Å². The molecule has 0 saturated carbocycles. The molecule has 2 heterocycles. The molecule has 4 rings (SSSR count). The first kappa shape index (κ1) is 22.2. The van der Waals surface area contributed by atoms with Gasteiger partial charge in [0.15, 0.2) is 5.75 Å². The fraction of sp³-hybridized carbons (Fsp3) is 0.250. The molecule has 1 unspecified atom stereocenters. The van der Waals surface area contributed by atoms with Crippen molar-refractivity contribution in [2.24, 2.45) is 10.9 Å². The minimum absolute atomic E-state index is 0.0396. The Morgan fingerprint density at radius 3 is 2.36 bits per heavy atom. The quantitative estimate of drug-likeness (QED) is 0.218. The van der Waals surface area contributed by atoms with E-state index in [0.717, 1.165) is 16.2 Å². The van der Waals surface area contributed by atoms with Crippen molar-refractivity contribution in [1.29, 1.82) is 0 Å². The van der Waals surface area contributed by atoms with Gasteiger partial charge in [-0.2, -0.15) is 5.10 Å². The van der Waals surface area contributed by atoms with Gasteiger partial charge in [0, 0.05) is 12.5 Å². The van der Waals surface area contributed by atoms with Crippen LogP contribution < -0.4 is 10.2 Å². The second-order valence-electron chi connectivity index (χ2n) is 7.90. The second-order valence-corrected chi connectivity index (χ2v) is 7.90. The summed E-state index contributed by atoms with van der Waals surface area (Å²) in [5.41, 5.74) is 4.70. The molecule has 170 valence electrons. The molecule has 3 aromatic rings. The average Bonchev–Trinajstić information content (AvgIpc) is 3.32. The number of nitrogens with zero attached hydrogens (tertiary/aromatic N) is 3. The van der Waals surface area contributed by atoms with Gasteiger partial charge in [0.2, 0.25) is 5.82 Å². The van der Waals surface area contributed by atoms with E-state index in [4.69, 9.17) is 4.74 Å². The molecule has 2 aromatic carbocycles. The normalized spacial score (nSPS) is 14.4. The Labute approximate surface area is 191 Å². The molecule has 1 aromatic heterocycles. The number of fused-ring (bicyclic) bond motifs is 1. The van der Waals surface area contributed by atoms with Gasteiger partial charge >= 0.3 is 0 Å². The van der Waals surface area contributed by atoms with Crippen LogP contribution in [0.5, 0.6) is 11.5 Å². The van der Waals surface area contributed by atoms with Crippen molar-refractivity contribution in [1.82, 2.24) is 20.6 Å². The molecule has 3 N–H and O–H groups in total. The van der Waals surface area contributed by atoms with Crippen molar-refractivity contribution in [2.75, 3.05) is 6.54 Å². The zero-order valence-electron chi connectivity index (χ0n) is 18.6. The van der Waals surface area contributed by atoms with E-state index >= 15 is 0 Å². The number of carbonyl (C=O) groups is 2. The Morgan fingerprint density at radius 1 is 1.15 bits per heavy atom. The van der Waals surface area contributed by atoms with Crippen molar-refractivity contribution in [3.8, 4) is 11.5 Å². The van der Waals surface area contributed by atoms with Gasteiger partial charge in [-0.25, -0.2) is 4.99 Å². The van der Waals surface area contributed by atoms with E-state index in [1.165, 1.54) is 0 Å². The maximum absolute atomic E-state index is 12.7. The van der Waals surface area contributed by atoms with Gasteiger partial charge in [0.1, 0.15) is 11.6 Å². The summed E-state index contributed by atoms with van der Waals surface area (Å²) in [6, 6.07) is 14.3. The number of aliphatic imine (C=N–C) groups is 1. The predicted molar refractivity (Wildman–Crippen MR) is 122 cm³/mol. The Balaban J connectivity index is 1.58. The van der Waals surface area contributed by atoms with Gasteiger partial charge in [-0.15, -0.1) is 0 Å². The van der Waals surface area contributed by atoms with Gasteiger partial charge in [0.05, 0.1) is 16.8 Å². The Hall–Kier alpha value is -3.98. The van der Waals surface area contributed by atoms with Crippen LogP contribution in [-0.4, -0.2) is 44.5 Å². The molecule has 0 bridgehead atoms. The number of nitrogens with one attached hydrogen (secondary N) is 2. The number of rotatable bonds is 7. The molecule has 2 amide bonds. The van der Waals surface area contributed by atoms with E-state index in [0.29, 0.717) is 29.0 Å². The Kier molecular flexibility index (Phi) is 6.23. The second kappa shape index (κ2) is 9.25. The minimum Gasteiger partial charge on any atom is -0.451 e. The summed E-state index contributed by atoms with van der Waals surface area (Å²) in [6.45, 7) is 5.74. The van der Waals surface area contributed by atoms with E-state index in [1.807, 2.05) is 38.1 Å². The number of imide groups is 1. The van der Waals surface area contributed by atoms with Crippen LogP contribution in [0.25, 0.3) is 0 Å². The number of hydroxylamine groups is 1. The van der Waals surface area contributed by atoms with Crippen molar-refractivity contribution in [3.05, 3.63) is 70.9 Å². The zero-order valence-corrected chi connectivity index (χ0v) is 18.6. The molecule has 1 aliphatic heterocycles.